The summed E-state index contributed by atoms with van der Waals surface area (Å²) in [6.07, 6.45) is 0.862. The second-order valence-corrected chi connectivity index (χ2v) is 5.58. The van der Waals surface area contributed by atoms with Crippen LogP contribution in [0.15, 0.2) is 34.8 Å². The van der Waals surface area contributed by atoms with Crippen molar-refractivity contribution in [2.24, 2.45) is 7.05 Å². The first-order chi connectivity index (χ1) is 9.61. The molecule has 0 fully saturated rings. The first-order valence-corrected chi connectivity index (χ1v) is 7.44. The van der Waals surface area contributed by atoms with Gasteiger partial charge in [-0.05, 0) is 42.0 Å². The highest BCUT2D eigenvalue weighted by Gasteiger charge is 2.16. The number of aryl methyl sites for hydroxylation is 2. The Morgan fingerprint density at radius 1 is 1.35 bits per heavy atom. The molecule has 0 spiro atoms. The predicted molar refractivity (Wildman–Crippen MR) is 84.1 cm³/mol. The molecule has 5 heteroatoms. The lowest BCUT2D eigenvalue weighted by molar-refractivity contribution is 0.268. The molecular weight excluding hydrogens is 318 g/mol. The van der Waals surface area contributed by atoms with Crippen molar-refractivity contribution in [3.63, 3.8) is 0 Å². The van der Waals surface area contributed by atoms with Crippen molar-refractivity contribution in [1.29, 1.82) is 0 Å². The zero-order chi connectivity index (χ0) is 14.5. The largest absolute Gasteiger partial charge is 0.492 e. The van der Waals surface area contributed by atoms with E-state index in [2.05, 4.69) is 26.3 Å². The Balaban J connectivity index is 1.99. The first kappa shape index (κ1) is 15.1. The number of para-hydroxylation sites is 1. The Kier molecular flexibility index (Phi) is 5.20. The smallest absolute Gasteiger partial charge is 0.119 e. The molecular formula is C15H20BrN3O. The van der Waals surface area contributed by atoms with Crippen LogP contribution in [0.1, 0.15) is 11.4 Å². The molecule has 0 aliphatic carbocycles. The van der Waals surface area contributed by atoms with Gasteiger partial charge in [0.25, 0.3) is 0 Å². The average molecular weight is 338 g/mol. The van der Waals surface area contributed by atoms with Gasteiger partial charge in [-0.25, -0.2) is 0 Å². The van der Waals surface area contributed by atoms with Gasteiger partial charge in [-0.15, -0.1) is 0 Å². The van der Waals surface area contributed by atoms with Gasteiger partial charge in [0.2, 0.25) is 0 Å². The van der Waals surface area contributed by atoms with Gasteiger partial charge in [0.05, 0.1) is 15.9 Å². The average Bonchev–Trinajstić information content (AvgIpc) is 2.70. The fraction of sp³-hybridized carbons (Fsp3) is 0.400. The molecule has 1 atom stereocenters. The third kappa shape index (κ3) is 3.61. The lowest BCUT2D eigenvalue weighted by Crippen LogP contribution is -2.34. The molecule has 0 saturated heterocycles. The molecule has 2 rings (SSSR count). The number of benzene rings is 1. The SMILES string of the molecule is CNC(COc1ccccc1)Cc1c(Br)c(C)nn1C. The van der Waals surface area contributed by atoms with Crippen molar-refractivity contribution < 1.29 is 4.74 Å². The van der Waals surface area contributed by atoms with Crippen LogP contribution in [-0.4, -0.2) is 29.5 Å². The van der Waals surface area contributed by atoms with Crippen LogP contribution in [0.5, 0.6) is 5.75 Å². The van der Waals surface area contributed by atoms with E-state index in [1.165, 1.54) is 5.69 Å². The highest BCUT2D eigenvalue weighted by atomic mass is 79.9. The predicted octanol–water partition coefficient (Wildman–Crippen LogP) is 2.70. The van der Waals surface area contributed by atoms with Gasteiger partial charge in [0, 0.05) is 19.5 Å². The minimum absolute atomic E-state index is 0.237. The van der Waals surface area contributed by atoms with E-state index in [9.17, 15) is 0 Å². The third-order valence-corrected chi connectivity index (χ3v) is 4.34. The summed E-state index contributed by atoms with van der Waals surface area (Å²) >= 11 is 3.60. The zero-order valence-corrected chi connectivity index (χ0v) is 13.6. The Hall–Kier alpha value is -1.33. The third-order valence-electron chi connectivity index (χ3n) is 3.30. The summed E-state index contributed by atoms with van der Waals surface area (Å²) in [7, 11) is 3.92. The van der Waals surface area contributed by atoms with E-state index in [-0.39, 0.29) is 6.04 Å². The number of aromatic nitrogens is 2. The van der Waals surface area contributed by atoms with Crippen LogP contribution in [-0.2, 0) is 13.5 Å². The number of likely N-dealkylation sites (N-methyl/N-ethyl adjacent to an activating group) is 1. The quantitative estimate of drug-likeness (QED) is 0.880. The summed E-state index contributed by atoms with van der Waals surface area (Å²) in [5, 5.41) is 7.71. The van der Waals surface area contributed by atoms with Gasteiger partial charge in [0.1, 0.15) is 12.4 Å². The highest BCUT2D eigenvalue weighted by molar-refractivity contribution is 9.10. The molecule has 1 heterocycles. The summed E-state index contributed by atoms with van der Waals surface area (Å²) in [4.78, 5) is 0. The van der Waals surface area contributed by atoms with E-state index in [1.807, 2.05) is 56.0 Å². The summed E-state index contributed by atoms with van der Waals surface area (Å²) in [6, 6.07) is 10.1. The molecule has 0 saturated carbocycles. The van der Waals surface area contributed by atoms with Gasteiger partial charge in [-0.2, -0.15) is 5.10 Å². The molecule has 1 unspecified atom stereocenters. The minimum atomic E-state index is 0.237. The van der Waals surface area contributed by atoms with Crippen LogP contribution < -0.4 is 10.1 Å². The van der Waals surface area contributed by atoms with Gasteiger partial charge >= 0.3 is 0 Å². The van der Waals surface area contributed by atoms with Crippen LogP contribution in [0, 0.1) is 6.92 Å². The molecule has 0 aliphatic rings. The maximum atomic E-state index is 5.81. The van der Waals surface area contributed by atoms with E-state index < -0.39 is 0 Å². The van der Waals surface area contributed by atoms with Crippen LogP contribution in [0.4, 0.5) is 0 Å². The maximum Gasteiger partial charge on any atom is 0.119 e. The zero-order valence-electron chi connectivity index (χ0n) is 12.1. The number of hydrogen-bond donors (Lipinski definition) is 1. The summed E-state index contributed by atoms with van der Waals surface area (Å²) in [6.45, 7) is 2.62. The van der Waals surface area contributed by atoms with E-state index in [4.69, 9.17) is 4.74 Å². The number of rotatable bonds is 6. The first-order valence-electron chi connectivity index (χ1n) is 6.65. The van der Waals surface area contributed by atoms with Crippen molar-refractivity contribution >= 4 is 15.9 Å². The molecule has 1 N–H and O–H groups in total. The summed E-state index contributed by atoms with van der Waals surface area (Å²) in [5.74, 6) is 0.896. The normalized spacial score (nSPS) is 12.4. The summed E-state index contributed by atoms with van der Waals surface area (Å²) in [5.41, 5.74) is 2.19. The summed E-state index contributed by atoms with van der Waals surface area (Å²) < 4.78 is 8.82. The maximum absolute atomic E-state index is 5.81. The van der Waals surface area contributed by atoms with Gasteiger partial charge in [-0.1, -0.05) is 18.2 Å². The number of nitrogens with zero attached hydrogens (tertiary/aromatic N) is 2. The van der Waals surface area contributed by atoms with Crippen molar-refractivity contribution in [3.8, 4) is 5.75 Å². The topological polar surface area (TPSA) is 39.1 Å². The highest BCUT2D eigenvalue weighted by Crippen LogP contribution is 2.21. The van der Waals surface area contributed by atoms with Gasteiger partial charge in [0.15, 0.2) is 0 Å². The molecule has 0 radical (unpaired) electrons. The van der Waals surface area contributed by atoms with E-state index >= 15 is 0 Å². The fourth-order valence-electron chi connectivity index (χ4n) is 2.09. The molecule has 108 valence electrons. The Labute approximate surface area is 128 Å². The van der Waals surface area contributed by atoms with Crippen molar-refractivity contribution in [2.45, 2.75) is 19.4 Å². The van der Waals surface area contributed by atoms with Crippen LogP contribution in [0.3, 0.4) is 0 Å². The number of halogens is 1. The Morgan fingerprint density at radius 3 is 2.60 bits per heavy atom. The van der Waals surface area contributed by atoms with E-state index in [0.717, 1.165) is 22.3 Å². The molecule has 2 aromatic rings. The van der Waals surface area contributed by atoms with Gasteiger partial charge in [-0.3, -0.25) is 4.68 Å². The van der Waals surface area contributed by atoms with Crippen LogP contribution >= 0.6 is 15.9 Å². The van der Waals surface area contributed by atoms with E-state index in [1.54, 1.807) is 0 Å². The molecule has 1 aromatic heterocycles. The second-order valence-electron chi connectivity index (χ2n) is 4.78. The van der Waals surface area contributed by atoms with Crippen molar-refractivity contribution in [3.05, 3.63) is 46.2 Å². The Bertz CT molecular complexity index is 554. The van der Waals surface area contributed by atoms with Crippen molar-refractivity contribution in [2.75, 3.05) is 13.7 Å². The minimum Gasteiger partial charge on any atom is -0.492 e. The standard InChI is InChI=1S/C15H20BrN3O/c1-11-15(16)14(19(3)18-11)9-12(17-2)10-20-13-7-5-4-6-8-13/h4-8,12,17H,9-10H2,1-3H3. The molecule has 20 heavy (non-hydrogen) atoms. The van der Waals surface area contributed by atoms with Crippen LogP contribution in [0.2, 0.25) is 0 Å². The number of nitrogens with one attached hydrogen (secondary N) is 1. The molecule has 0 amide bonds. The molecule has 1 aromatic carbocycles. The lowest BCUT2D eigenvalue weighted by atomic mass is 10.1. The molecule has 4 nitrogen and oxygen atoms in total. The fourth-order valence-corrected chi connectivity index (χ4v) is 2.59. The van der Waals surface area contributed by atoms with Crippen LogP contribution in [0.25, 0.3) is 0 Å². The molecule has 0 aliphatic heterocycles. The van der Waals surface area contributed by atoms with Gasteiger partial charge < -0.3 is 10.1 Å². The molecule has 0 bridgehead atoms. The van der Waals surface area contributed by atoms with Crippen molar-refractivity contribution in [1.82, 2.24) is 15.1 Å². The lowest BCUT2D eigenvalue weighted by Gasteiger charge is -2.17. The van der Waals surface area contributed by atoms with E-state index in [0.29, 0.717) is 6.61 Å². The Morgan fingerprint density at radius 2 is 2.05 bits per heavy atom. The number of hydrogen-bond acceptors (Lipinski definition) is 3. The second kappa shape index (κ2) is 6.90. The monoisotopic (exact) mass is 337 g/mol. The number of ether oxygens (including phenoxy) is 1.